The Morgan fingerprint density at radius 3 is 2.25 bits per heavy atom. The van der Waals surface area contributed by atoms with Gasteiger partial charge in [0, 0.05) is 7.11 Å². The Morgan fingerprint density at radius 2 is 1.69 bits per heavy atom. The number of hydrogen-bond acceptors (Lipinski definition) is 1. The van der Waals surface area contributed by atoms with E-state index in [1.807, 2.05) is 7.11 Å². The molecule has 2 aliphatic carbocycles. The first-order valence-electron chi connectivity index (χ1n) is 7.05. The predicted molar refractivity (Wildman–Crippen MR) is 68.5 cm³/mol. The molecule has 16 heavy (non-hydrogen) atoms. The lowest BCUT2D eigenvalue weighted by atomic mass is 9.55. The Balaban J connectivity index is 2.24. The van der Waals surface area contributed by atoms with Gasteiger partial charge < -0.3 is 4.74 Å². The molecule has 1 heteroatoms. The SMILES string of the molecule is COC1CCC(C)CC1(C)C1(C)CCCC1. The van der Waals surface area contributed by atoms with E-state index in [1.165, 1.54) is 44.9 Å². The summed E-state index contributed by atoms with van der Waals surface area (Å²) < 4.78 is 5.83. The molecule has 0 aromatic heterocycles. The molecule has 1 nitrogen and oxygen atoms in total. The molecule has 0 aromatic carbocycles. The molecule has 0 aliphatic heterocycles. The Kier molecular flexibility index (Phi) is 3.36. The van der Waals surface area contributed by atoms with E-state index < -0.39 is 0 Å². The van der Waals surface area contributed by atoms with Crippen LogP contribution in [0, 0.1) is 16.7 Å². The lowest BCUT2D eigenvalue weighted by molar-refractivity contribution is -0.114. The summed E-state index contributed by atoms with van der Waals surface area (Å²) in [6, 6.07) is 0. The highest BCUT2D eigenvalue weighted by molar-refractivity contribution is 5.02. The van der Waals surface area contributed by atoms with Crippen molar-refractivity contribution in [2.24, 2.45) is 16.7 Å². The van der Waals surface area contributed by atoms with Gasteiger partial charge in [0.2, 0.25) is 0 Å². The van der Waals surface area contributed by atoms with Crippen LogP contribution in [0.1, 0.15) is 65.7 Å². The molecular formula is C15H28O. The van der Waals surface area contributed by atoms with Crippen molar-refractivity contribution in [2.45, 2.75) is 71.8 Å². The lowest BCUT2D eigenvalue weighted by Gasteiger charge is -2.53. The fourth-order valence-electron chi connectivity index (χ4n) is 4.45. The van der Waals surface area contributed by atoms with E-state index in [0.717, 1.165) is 5.92 Å². The van der Waals surface area contributed by atoms with Crippen LogP contribution in [0.4, 0.5) is 0 Å². The molecule has 0 bridgehead atoms. The third-order valence-electron chi connectivity index (χ3n) is 5.78. The fraction of sp³-hybridized carbons (Fsp3) is 1.00. The maximum atomic E-state index is 5.83. The third-order valence-corrected chi connectivity index (χ3v) is 5.78. The van der Waals surface area contributed by atoms with Gasteiger partial charge >= 0.3 is 0 Å². The van der Waals surface area contributed by atoms with E-state index in [2.05, 4.69) is 20.8 Å². The fourth-order valence-corrected chi connectivity index (χ4v) is 4.45. The summed E-state index contributed by atoms with van der Waals surface area (Å²) in [5.41, 5.74) is 0.943. The van der Waals surface area contributed by atoms with Crippen molar-refractivity contribution >= 4 is 0 Å². The number of rotatable bonds is 2. The Labute approximate surface area is 101 Å². The first-order valence-corrected chi connectivity index (χ1v) is 7.05. The van der Waals surface area contributed by atoms with Crippen molar-refractivity contribution in [3.8, 4) is 0 Å². The van der Waals surface area contributed by atoms with Crippen molar-refractivity contribution in [3.63, 3.8) is 0 Å². The highest BCUT2D eigenvalue weighted by Crippen LogP contribution is 2.58. The van der Waals surface area contributed by atoms with E-state index >= 15 is 0 Å². The first kappa shape index (κ1) is 12.4. The van der Waals surface area contributed by atoms with E-state index in [1.54, 1.807) is 0 Å². The summed E-state index contributed by atoms with van der Waals surface area (Å²) in [5.74, 6) is 0.883. The van der Waals surface area contributed by atoms with Crippen LogP contribution in [0.5, 0.6) is 0 Å². The molecule has 0 aromatic rings. The van der Waals surface area contributed by atoms with Gasteiger partial charge in [-0.1, -0.05) is 33.6 Å². The van der Waals surface area contributed by atoms with Crippen molar-refractivity contribution in [3.05, 3.63) is 0 Å². The molecule has 0 N–H and O–H groups in total. The van der Waals surface area contributed by atoms with Crippen LogP contribution in [0.2, 0.25) is 0 Å². The van der Waals surface area contributed by atoms with Gasteiger partial charge in [-0.15, -0.1) is 0 Å². The molecule has 3 unspecified atom stereocenters. The monoisotopic (exact) mass is 224 g/mol. The summed E-state index contributed by atoms with van der Waals surface area (Å²) in [4.78, 5) is 0. The van der Waals surface area contributed by atoms with Gasteiger partial charge in [0.1, 0.15) is 0 Å². The van der Waals surface area contributed by atoms with Crippen molar-refractivity contribution in [1.82, 2.24) is 0 Å². The molecule has 2 aliphatic rings. The van der Waals surface area contributed by atoms with Gasteiger partial charge in [-0.3, -0.25) is 0 Å². The zero-order chi connectivity index (χ0) is 11.8. The van der Waals surface area contributed by atoms with Crippen molar-refractivity contribution in [2.75, 3.05) is 7.11 Å². The molecule has 0 spiro atoms. The van der Waals surface area contributed by atoms with Crippen LogP contribution in [-0.4, -0.2) is 13.2 Å². The smallest absolute Gasteiger partial charge is 0.0630 e. The van der Waals surface area contributed by atoms with Crippen LogP contribution in [0.25, 0.3) is 0 Å². The van der Waals surface area contributed by atoms with E-state index in [0.29, 0.717) is 16.9 Å². The molecule has 0 saturated heterocycles. The predicted octanol–water partition coefficient (Wildman–Crippen LogP) is 4.41. The average molecular weight is 224 g/mol. The Bertz CT molecular complexity index is 242. The maximum Gasteiger partial charge on any atom is 0.0630 e. The van der Waals surface area contributed by atoms with Crippen LogP contribution in [0.15, 0.2) is 0 Å². The maximum absolute atomic E-state index is 5.83. The minimum atomic E-state index is 0.413. The van der Waals surface area contributed by atoms with Crippen LogP contribution >= 0.6 is 0 Å². The molecule has 94 valence electrons. The minimum absolute atomic E-state index is 0.413. The quantitative estimate of drug-likeness (QED) is 0.675. The van der Waals surface area contributed by atoms with Crippen molar-refractivity contribution in [1.29, 1.82) is 0 Å². The summed E-state index contributed by atoms with van der Waals surface area (Å²) in [5, 5.41) is 0. The second-order valence-electron chi connectivity index (χ2n) is 6.80. The molecule has 0 radical (unpaired) electrons. The van der Waals surface area contributed by atoms with Gasteiger partial charge in [0.25, 0.3) is 0 Å². The van der Waals surface area contributed by atoms with Crippen LogP contribution < -0.4 is 0 Å². The Morgan fingerprint density at radius 1 is 1.06 bits per heavy atom. The summed E-state index contributed by atoms with van der Waals surface area (Å²) in [7, 11) is 1.91. The van der Waals surface area contributed by atoms with Gasteiger partial charge in [-0.05, 0) is 48.9 Å². The number of hydrogen-bond donors (Lipinski definition) is 0. The van der Waals surface area contributed by atoms with Gasteiger partial charge in [-0.2, -0.15) is 0 Å². The molecule has 0 heterocycles. The molecule has 2 fully saturated rings. The first-order chi connectivity index (χ1) is 7.52. The van der Waals surface area contributed by atoms with E-state index in [4.69, 9.17) is 4.74 Å². The second kappa shape index (κ2) is 4.33. The second-order valence-corrected chi connectivity index (χ2v) is 6.80. The normalized spacial score (nSPS) is 43.5. The third kappa shape index (κ3) is 1.81. The summed E-state index contributed by atoms with van der Waals surface area (Å²) in [6.45, 7) is 7.44. The lowest BCUT2D eigenvalue weighted by Crippen LogP contribution is -2.49. The number of methoxy groups -OCH3 is 1. The standard InChI is InChI=1S/C15H28O/c1-12-7-8-13(16-4)15(3,11-12)14(2)9-5-6-10-14/h12-13H,5-11H2,1-4H3. The average Bonchev–Trinajstić information content (AvgIpc) is 2.67. The molecule has 2 saturated carbocycles. The van der Waals surface area contributed by atoms with Crippen LogP contribution in [0.3, 0.4) is 0 Å². The molecule has 3 atom stereocenters. The largest absolute Gasteiger partial charge is 0.381 e. The van der Waals surface area contributed by atoms with E-state index in [-0.39, 0.29) is 0 Å². The van der Waals surface area contributed by atoms with Gasteiger partial charge in [0.05, 0.1) is 6.10 Å². The van der Waals surface area contributed by atoms with Gasteiger partial charge in [0.15, 0.2) is 0 Å². The molecule has 0 amide bonds. The summed E-state index contributed by atoms with van der Waals surface area (Å²) >= 11 is 0. The Hall–Kier alpha value is -0.0400. The summed E-state index contributed by atoms with van der Waals surface area (Å²) in [6.07, 6.45) is 10.2. The highest BCUT2D eigenvalue weighted by Gasteiger charge is 2.52. The van der Waals surface area contributed by atoms with Gasteiger partial charge in [-0.25, -0.2) is 0 Å². The zero-order valence-corrected chi connectivity index (χ0v) is 11.5. The highest BCUT2D eigenvalue weighted by atomic mass is 16.5. The zero-order valence-electron chi connectivity index (χ0n) is 11.5. The van der Waals surface area contributed by atoms with Crippen molar-refractivity contribution < 1.29 is 4.74 Å². The minimum Gasteiger partial charge on any atom is -0.381 e. The van der Waals surface area contributed by atoms with E-state index in [9.17, 15) is 0 Å². The topological polar surface area (TPSA) is 9.23 Å². The molecular weight excluding hydrogens is 196 g/mol. The molecule has 2 rings (SSSR count). The van der Waals surface area contributed by atoms with Crippen LogP contribution in [-0.2, 0) is 4.74 Å². The number of ether oxygens (including phenoxy) is 1.